The van der Waals surface area contributed by atoms with E-state index in [-0.39, 0.29) is 11.6 Å². The number of benzene rings is 1. The number of likely N-dealkylation sites (N-methyl/N-ethyl adjacent to an activating group) is 1. The van der Waals surface area contributed by atoms with Crippen molar-refractivity contribution in [3.8, 4) is 0 Å². The average molecular weight is 294 g/mol. The van der Waals surface area contributed by atoms with Gasteiger partial charge in [0.25, 0.3) is 0 Å². The zero-order chi connectivity index (χ0) is 15.4. The summed E-state index contributed by atoms with van der Waals surface area (Å²) in [6.07, 6.45) is 2.25. The van der Waals surface area contributed by atoms with Crippen molar-refractivity contribution in [2.45, 2.75) is 18.9 Å². The Labute approximate surface area is 124 Å². The Kier molecular flexibility index (Phi) is 5.14. The van der Waals surface area contributed by atoms with Gasteiger partial charge in [-0.15, -0.1) is 0 Å². The molecule has 1 saturated heterocycles. The predicted molar refractivity (Wildman–Crippen MR) is 82.6 cm³/mol. The van der Waals surface area contributed by atoms with Gasteiger partial charge in [0.2, 0.25) is 5.91 Å². The first kappa shape index (κ1) is 15.7. The highest BCUT2D eigenvalue weighted by molar-refractivity contribution is 5.95. The molecule has 0 aliphatic carbocycles. The molecule has 0 radical (unpaired) electrons. The van der Waals surface area contributed by atoms with E-state index in [0.717, 1.165) is 25.9 Å². The fourth-order valence-corrected chi connectivity index (χ4v) is 2.64. The van der Waals surface area contributed by atoms with Crippen molar-refractivity contribution in [2.75, 3.05) is 44.8 Å². The summed E-state index contributed by atoms with van der Waals surface area (Å²) < 4.78 is 13.0. The van der Waals surface area contributed by atoms with E-state index in [0.29, 0.717) is 18.3 Å². The summed E-state index contributed by atoms with van der Waals surface area (Å²) in [5, 5.41) is 2.74. The number of rotatable bonds is 4. The van der Waals surface area contributed by atoms with Crippen LogP contribution in [0.2, 0.25) is 0 Å². The van der Waals surface area contributed by atoms with Crippen LogP contribution in [-0.4, -0.2) is 55.5 Å². The third-order valence-corrected chi connectivity index (χ3v) is 3.87. The van der Waals surface area contributed by atoms with Gasteiger partial charge >= 0.3 is 0 Å². The minimum absolute atomic E-state index is 0.118. The number of nitrogen functional groups attached to an aromatic ring is 1. The van der Waals surface area contributed by atoms with Gasteiger partial charge < -0.3 is 16.0 Å². The van der Waals surface area contributed by atoms with Crippen molar-refractivity contribution in [1.82, 2.24) is 9.80 Å². The number of hydrogen-bond donors (Lipinski definition) is 2. The normalized spacial score (nSPS) is 19.7. The molecule has 1 aromatic carbocycles. The lowest BCUT2D eigenvalue weighted by Crippen LogP contribution is -2.47. The average Bonchev–Trinajstić information content (AvgIpc) is 2.42. The van der Waals surface area contributed by atoms with Crippen LogP contribution in [0.5, 0.6) is 0 Å². The Balaban J connectivity index is 1.89. The molecule has 1 unspecified atom stereocenters. The zero-order valence-corrected chi connectivity index (χ0v) is 12.6. The van der Waals surface area contributed by atoms with Crippen LogP contribution in [0.4, 0.5) is 15.8 Å². The third-order valence-electron chi connectivity index (χ3n) is 3.87. The number of nitrogens with two attached hydrogens (primary N) is 1. The van der Waals surface area contributed by atoms with Crippen molar-refractivity contribution in [2.24, 2.45) is 0 Å². The van der Waals surface area contributed by atoms with Crippen LogP contribution < -0.4 is 11.1 Å². The topological polar surface area (TPSA) is 61.6 Å². The zero-order valence-electron chi connectivity index (χ0n) is 12.6. The van der Waals surface area contributed by atoms with Gasteiger partial charge in [-0.2, -0.15) is 0 Å². The molecule has 1 atom stereocenters. The van der Waals surface area contributed by atoms with Crippen LogP contribution >= 0.6 is 0 Å². The van der Waals surface area contributed by atoms with Gasteiger partial charge in [0, 0.05) is 12.6 Å². The van der Waals surface area contributed by atoms with Crippen LogP contribution in [-0.2, 0) is 4.79 Å². The van der Waals surface area contributed by atoms with Crippen molar-refractivity contribution >= 4 is 17.3 Å². The van der Waals surface area contributed by atoms with Crippen LogP contribution in [0.3, 0.4) is 0 Å². The van der Waals surface area contributed by atoms with Gasteiger partial charge in [0.15, 0.2) is 0 Å². The molecular weight excluding hydrogens is 271 g/mol. The van der Waals surface area contributed by atoms with Crippen molar-refractivity contribution in [3.05, 3.63) is 24.0 Å². The van der Waals surface area contributed by atoms with Crippen molar-refractivity contribution < 1.29 is 9.18 Å². The molecule has 21 heavy (non-hydrogen) atoms. The number of halogens is 1. The van der Waals surface area contributed by atoms with E-state index < -0.39 is 5.82 Å². The Morgan fingerprint density at radius 3 is 2.95 bits per heavy atom. The molecule has 6 heteroatoms. The van der Waals surface area contributed by atoms with E-state index in [1.54, 1.807) is 0 Å². The fourth-order valence-electron chi connectivity index (χ4n) is 2.64. The summed E-state index contributed by atoms with van der Waals surface area (Å²) in [7, 11) is 4.13. The number of anilines is 2. The molecule has 0 aromatic heterocycles. The van der Waals surface area contributed by atoms with Gasteiger partial charge in [0.05, 0.1) is 17.9 Å². The van der Waals surface area contributed by atoms with Gasteiger partial charge in [-0.3, -0.25) is 9.69 Å². The predicted octanol–water partition coefficient (Wildman–Crippen LogP) is 1.37. The number of piperidine rings is 1. The van der Waals surface area contributed by atoms with Crippen LogP contribution in [0, 0.1) is 5.82 Å². The largest absolute Gasteiger partial charge is 0.397 e. The van der Waals surface area contributed by atoms with E-state index in [2.05, 4.69) is 29.2 Å². The summed E-state index contributed by atoms with van der Waals surface area (Å²) in [5.74, 6) is -0.525. The molecule has 2 rings (SSSR count). The van der Waals surface area contributed by atoms with Gasteiger partial charge in [-0.25, -0.2) is 4.39 Å². The molecule has 0 bridgehead atoms. The SMILES string of the molecule is CN(C)C1CCCN(CC(=O)Nc2ccc(F)cc2N)C1. The van der Waals surface area contributed by atoms with Crippen LogP contribution in [0.15, 0.2) is 18.2 Å². The summed E-state index contributed by atoms with van der Waals surface area (Å²) in [6, 6.07) is 4.47. The van der Waals surface area contributed by atoms with Gasteiger partial charge in [-0.1, -0.05) is 0 Å². The Bertz CT molecular complexity index is 506. The van der Waals surface area contributed by atoms with E-state index >= 15 is 0 Å². The smallest absolute Gasteiger partial charge is 0.238 e. The number of carbonyl (C=O) groups is 1. The molecule has 1 aromatic rings. The molecule has 1 amide bonds. The molecule has 5 nitrogen and oxygen atoms in total. The Hall–Kier alpha value is -1.66. The summed E-state index contributed by atoms with van der Waals surface area (Å²) >= 11 is 0. The molecule has 116 valence electrons. The minimum atomic E-state index is -0.407. The molecule has 1 fully saturated rings. The summed E-state index contributed by atoms with van der Waals surface area (Å²) in [5.41, 5.74) is 6.39. The number of nitrogens with one attached hydrogen (secondary N) is 1. The standard InChI is InChI=1S/C15H23FN4O/c1-19(2)12-4-3-7-20(9-12)10-15(21)18-14-6-5-11(16)8-13(14)17/h5-6,8,12H,3-4,7,9-10,17H2,1-2H3,(H,18,21). The van der Waals surface area contributed by atoms with Crippen molar-refractivity contribution in [1.29, 1.82) is 0 Å². The second-order valence-electron chi connectivity index (χ2n) is 5.77. The minimum Gasteiger partial charge on any atom is -0.397 e. The monoisotopic (exact) mass is 294 g/mol. The number of hydrogen-bond acceptors (Lipinski definition) is 4. The molecule has 1 heterocycles. The second-order valence-corrected chi connectivity index (χ2v) is 5.77. The van der Waals surface area contributed by atoms with E-state index in [1.807, 2.05) is 0 Å². The van der Waals surface area contributed by atoms with E-state index in [4.69, 9.17) is 5.73 Å². The quantitative estimate of drug-likeness (QED) is 0.824. The second kappa shape index (κ2) is 6.87. The van der Waals surface area contributed by atoms with Gasteiger partial charge in [0.1, 0.15) is 5.82 Å². The maximum atomic E-state index is 13.0. The number of nitrogens with zero attached hydrogens (tertiary/aromatic N) is 2. The highest BCUT2D eigenvalue weighted by Gasteiger charge is 2.22. The number of amides is 1. The van der Waals surface area contributed by atoms with Crippen molar-refractivity contribution in [3.63, 3.8) is 0 Å². The van der Waals surface area contributed by atoms with E-state index in [1.165, 1.54) is 18.2 Å². The lowest BCUT2D eigenvalue weighted by Gasteiger charge is -2.35. The summed E-state index contributed by atoms with van der Waals surface area (Å²) in [6.45, 7) is 2.15. The van der Waals surface area contributed by atoms with Crippen LogP contribution in [0.1, 0.15) is 12.8 Å². The highest BCUT2D eigenvalue weighted by atomic mass is 19.1. The Morgan fingerprint density at radius 2 is 2.29 bits per heavy atom. The molecule has 1 aliphatic heterocycles. The highest BCUT2D eigenvalue weighted by Crippen LogP contribution is 2.19. The molecule has 1 aliphatic rings. The number of likely N-dealkylation sites (tertiary alicyclic amines) is 1. The lowest BCUT2D eigenvalue weighted by molar-refractivity contribution is -0.117. The fraction of sp³-hybridized carbons (Fsp3) is 0.533. The first-order valence-electron chi connectivity index (χ1n) is 7.19. The molecule has 0 spiro atoms. The first-order chi connectivity index (χ1) is 9.95. The molecule has 3 N–H and O–H groups in total. The maximum absolute atomic E-state index is 13.0. The maximum Gasteiger partial charge on any atom is 0.238 e. The molecule has 0 saturated carbocycles. The first-order valence-corrected chi connectivity index (χ1v) is 7.19. The van der Waals surface area contributed by atoms with E-state index in [9.17, 15) is 9.18 Å². The number of carbonyl (C=O) groups excluding carboxylic acids is 1. The lowest BCUT2D eigenvalue weighted by atomic mass is 10.1. The van der Waals surface area contributed by atoms with Gasteiger partial charge in [-0.05, 0) is 51.7 Å². The summed E-state index contributed by atoms with van der Waals surface area (Å²) in [4.78, 5) is 16.4. The van der Waals surface area contributed by atoms with Crippen LogP contribution in [0.25, 0.3) is 0 Å². The molecular formula is C15H23FN4O. The Morgan fingerprint density at radius 1 is 1.52 bits per heavy atom. The third kappa shape index (κ3) is 4.41.